The van der Waals surface area contributed by atoms with E-state index in [1.165, 1.54) is 23.1 Å². The first-order valence-corrected chi connectivity index (χ1v) is 11.1. The molecule has 0 radical (unpaired) electrons. The Hall–Kier alpha value is -3.31. The highest BCUT2D eigenvalue weighted by atomic mass is 32.2. The molecule has 0 aliphatic carbocycles. The number of carbonyl (C=O) groups excluding carboxylic acids is 2. The fourth-order valence-corrected chi connectivity index (χ4v) is 4.22. The SMILES string of the molecule is Cc1ccc(NC(=O)Nc2nnc(SCC(=O)NCc3ccc4c(c3)OCO4)s2)cc1. The molecule has 2 aromatic carbocycles. The van der Waals surface area contributed by atoms with E-state index in [0.717, 1.165) is 11.1 Å². The van der Waals surface area contributed by atoms with Gasteiger partial charge in [-0.2, -0.15) is 0 Å². The van der Waals surface area contributed by atoms with Gasteiger partial charge in [-0.15, -0.1) is 10.2 Å². The van der Waals surface area contributed by atoms with Gasteiger partial charge in [-0.3, -0.25) is 10.1 Å². The molecule has 3 amide bonds. The van der Waals surface area contributed by atoms with Gasteiger partial charge in [0.2, 0.25) is 17.8 Å². The number of ether oxygens (including phenoxy) is 2. The monoisotopic (exact) mass is 457 g/mol. The zero-order valence-electron chi connectivity index (χ0n) is 16.5. The minimum Gasteiger partial charge on any atom is -0.454 e. The molecule has 0 spiro atoms. The third-order valence-electron chi connectivity index (χ3n) is 4.19. The van der Waals surface area contributed by atoms with E-state index < -0.39 is 6.03 Å². The second-order valence-electron chi connectivity index (χ2n) is 6.57. The van der Waals surface area contributed by atoms with Crippen LogP contribution in [-0.4, -0.2) is 34.7 Å². The Morgan fingerprint density at radius 2 is 1.87 bits per heavy atom. The number of fused-ring (bicyclic) bond motifs is 1. The molecule has 4 rings (SSSR count). The molecule has 0 bridgehead atoms. The molecule has 1 aliphatic rings. The van der Waals surface area contributed by atoms with E-state index in [4.69, 9.17) is 9.47 Å². The number of hydrogen-bond donors (Lipinski definition) is 3. The fourth-order valence-electron chi connectivity index (χ4n) is 2.64. The highest BCUT2D eigenvalue weighted by Gasteiger charge is 2.14. The summed E-state index contributed by atoms with van der Waals surface area (Å²) >= 11 is 2.46. The number of nitrogens with one attached hydrogen (secondary N) is 3. The first-order valence-electron chi connectivity index (χ1n) is 9.31. The topological polar surface area (TPSA) is 114 Å². The average molecular weight is 458 g/mol. The lowest BCUT2D eigenvalue weighted by molar-refractivity contribution is -0.118. The van der Waals surface area contributed by atoms with Crippen LogP contribution in [0, 0.1) is 6.92 Å². The van der Waals surface area contributed by atoms with E-state index in [0.29, 0.717) is 33.2 Å². The lowest BCUT2D eigenvalue weighted by atomic mass is 10.2. The molecule has 0 saturated carbocycles. The van der Waals surface area contributed by atoms with Crippen molar-refractivity contribution in [2.24, 2.45) is 0 Å². The number of nitrogens with zero attached hydrogens (tertiary/aromatic N) is 2. The van der Waals surface area contributed by atoms with Gasteiger partial charge >= 0.3 is 6.03 Å². The maximum atomic E-state index is 12.1. The summed E-state index contributed by atoms with van der Waals surface area (Å²) in [7, 11) is 0. The zero-order chi connectivity index (χ0) is 21.6. The first kappa shape index (κ1) is 20.9. The minimum atomic E-state index is -0.405. The van der Waals surface area contributed by atoms with E-state index in [1.807, 2.05) is 49.4 Å². The Morgan fingerprint density at radius 3 is 2.71 bits per heavy atom. The molecule has 31 heavy (non-hydrogen) atoms. The van der Waals surface area contributed by atoms with Crippen LogP contribution in [-0.2, 0) is 11.3 Å². The third-order valence-corrected chi connectivity index (χ3v) is 6.16. The van der Waals surface area contributed by atoms with E-state index >= 15 is 0 Å². The highest BCUT2D eigenvalue weighted by Crippen LogP contribution is 2.32. The number of hydrogen-bond acceptors (Lipinski definition) is 8. The highest BCUT2D eigenvalue weighted by molar-refractivity contribution is 8.01. The largest absolute Gasteiger partial charge is 0.454 e. The second-order valence-corrected chi connectivity index (χ2v) is 8.77. The van der Waals surface area contributed by atoms with Gasteiger partial charge in [0.1, 0.15) is 0 Å². The van der Waals surface area contributed by atoms with Gasteiger partial charge in [0.15, 0.2) is 15.8 Å². The summed E-state index contributed by atoms with van der Waals surface area (Å²) in [6.07, 6.45) is 0. The molecule has 1 aromatic heterocycles. The summed E-state index contributed by atoms with van der Waals surface area (Å²) in [5.41, 5.74) is 2.71. The quantitative estimate of drug-likeness (QED) is 0.367. The van der Waals surface area contributed by atoms with Crippen LogP contribution in [0.4, 0.5) is 15.6 Å². The number of rotatable bonds is 7. The number of anilines is 2. The Morgan fingerprint density at radius 1 is 1.06 bits per heavy atom. The zero-order valence-corrected chi connectivity index (χ0v) is 18.1. The molecule has 1 aliphatic heterocycles. The molecule has 3 N–H and O–H groups in total. The van der Waals surface area contributed by atoms with Crippen molar-refractivity contribution in [1.82, 2.24) is 15.5 Å². The molecular weight excluding hydrogens is 438 g/mol. The molecular formula is C20H19N5O4S2. The minimum absolute atomic E-state index is 0.135. The molecule has 9 nitrogen and oxygen atoms in total. The smallest absolute Gasteiger partial charge is 0.325 e. The van der Waals surface area contributed by atoms with Crippen LogP contribution in [0.2, 0.25) is 0 Å². The van der Waals surface area contributed by atoms with Crippen LogP contribution in [0.3, 0.4) is 0 Å². The molecule has 11 heteroatoms. The maximum Gasteiger partial charge on any atom is 0.325 e. The number of urea groups is 1. The second kappa shape index (κ2) is 9.67. The molecule has 0 atom stereocenters. The van der Waals surface area contributed by atoms with Crippen LogP contribution in [0.5, 0.6) is 11.5 Å². The Labute approximate surface area is 186 Å². The summed E-state index contributed by atoms with van der Waals surface area (Å²) in [5.74, 6) is 1.44. The number of carbonyl (C=O) groups is 2. The summed E-state index contributed by atoms with van der Waals surface area (Å²) in [4.78, 5) is 24.2. The lowest BCUT2D eigenvalue weighted by Crippen LogP contribution is -2.24. The fraction of sp³-hybridized carbons (Fsp3) is 0.200. The van der Waals surface area contributed by atoms with Crippen molar-refractivity contribution in [3.63, 3.8) is 0 Å². The Kier molecular flexibility index (Phi) is 6.53. The van der Waals surface area contributed by atoms with E-state index in [1.54, 1.807) is 0 Å². The number of aryl methyl sites for hydroxylation is 1. The van der Waals surface area contributed by atoms with Gasteiger partial charge in [0.05, 0.1) is 5.75 Å². The van der Waals surface area contributed by atoms with Crippen molar-refractivity contribution in [2.75, 3.05) is 23.2 Å². The van der Waals surface area contributed by atoms with Crippen molar-refractivity contribution >= 4 is 45.9 Å². The van der Waals surface area contributed by atoms with Crippen molar-refractivity contribution in [1.29, 1.82) is 0 Å². The Balaban J connectivity index is 1.20. The number of amides is 3. The van der Waals surface area contributed by atoms with Crippen LogP contribution in [0.1, 0.15) is 11.1 Å². The van der Waals surface area contributed by atoms with Crippen LogP contribution < -0.4 is 25.4 Å². The lowest BCUT2D eigenvalue weighted by Gasteiger charge is -2.05. The van der Waals surface area contributed by atoms with Gasteiger partial charge in [0, 0.05) is 12.2 Å². The van der Waals surface area contributed by atoms with Gasteiger partial charge in [-0.05, 0) is 36.8 Å². The van der Waals surface area contributed by atoms with E-state index in [2.05, 4.69) is 26.1 Å². The molecule has 3 aromatic rings. The van der Waals surface area contributed by atoms with Gasteiger partial charge in [-0.1, -0.05) is 46.9 Å². The predicted octanol–water partition coefficient (Wildman–Crippen LogP) is 3.63. The van der Waals surface area contributed by atoms with Crippen LogP contribution >= 0.6 is 23.1 Å². The van der Waals surface area contributed by atoms with E-state index in [-0.39, 0.29) is 18.5 Å². The van der Waals surface area contributed by atoms with Gasteiger partial charge in [-0.25, -0.2) is 4.79 Å². The predicted molar refractivity (Wildman–Crippen MR) is 119 cm³/mol. The molecule has 2 heterocycles. The van der Waals surface area contributed by atoms with Crippen LogP contribution in [0.25, 0.3) is 0 Å². The number of aromatic nitrogens is 2. The van der Waals surface area contributed by atoms with Crippen molar-refractivity contribution < 1.29 is 19.1 Å². The van der Waals surface area contributed by atoms with Gasteiger partial charge in [0.25, 0.3) is 0 Å². The van der Waals surface area contributed by atoms with Crippen LogP contribution in [0.15, 0.2) is 46.8 Å². The third kappa shape index (κ3) is 5.86. The van der Waals surface area contributed by atoms with Crippen molar-refractivity contribution in [3.05, 3.63) is 53.6 Å². The Bertz CT molecular complexity index is 1090. The number of benzene rings is 2. The molecule has 0 fully saturated rings. The standard InChI is InChI=1S/C20H19N5O4S2/c1-12-2-5-14(6-3-12)22-18(27)23-19-24-25-20(31-19)30-10-17(26)21-9-13-4-7-15-16(8-13)29-11-28-15/h2-8H,9-11H2,1H3,(H,21,26)(H2,22,23,24,27). The normalized spacial score (nSPS) is 11.8. The van der Waals surface area contributed by atoms with Crippen molar-refractivity contribution in [2.45, 2.75) is 17.8 Å². The van der Waals surface area contributed by atoms with Gasteiger partial charge < -0.3 is 20.1 Å². The summed E-state index contributed by atoms with van der Waals surface area (Å²) in [6, 6.07) is 12.6. The summed E-state index contributed by atoms with van der Waals surface area (Å²) in [5, 5.41) is 16.5. The first-order chi connectivity index (χ1) is 15.0. The molecule has 160 valence electrons. The molecule has 0 saturated heterocycles. The van der Waals surface area contributed by atoms with Crippen molar-refractivity contribution in [3.8, 4) is 11.5 Å². The summed E-state index contributed by atoms with van der Waals surface area (Å²) < 4.78 is 11.2. The number of thioether (sulfide) groups is 1. The average Bonchev–Trinajstić information content (AvgIpc) is 3.41. The summed E-state index contributed by atoms with van der Waals surface area (Å²) in [6.45, 7) is 2.58. The maximum absolute atomic E-state index is 12.1. The van der Waals surface area contributed by atoms with E-state index in [9.17, 15) is 9.59 Å². The molecule has 0 unspecified atom stereocenters.